The molecule has 0 bridgehead atoms. The molecular formula is C11H22N2O. The molecule has 2 atom stereocenters. The summed E-state index contributed by atoms with van der Waals surface area (Å²) in [7, 11) is 1.80. The highest BCUT2D eigenvalue weighted by Crippen LogP contribution is 2.28. The molecule has 0 heterocycles. The molecule has 1 fully saturated rings. The second-order valence-corrected chi connectivity index (χ2v) is 4.71. The first-order valence-corrected chi connectivity index (χ1v) is 5.55. The number of likely N-dealkylation sites (N-methyl/N-ethyl adjacent to an activating group) is 1. The minimum atomic E-state index is 0.124. The molecule has 1 amide bonds. The summed E-state index contributed by atoms with van der Waals surface area (Å²) in [5, 5.41) is 5.95. The van der Waals surface area contributed by atoms with Crippen molar-refractivity contribution >= 4 is 5.91 Å². The molecule has 0 spiro atoms. The zero-order valence-corrected chi connectivity index (χ0v) is 9.47. The lowest BCUT2D eigenvalue weighted by molar-refractivity contribution is -0.121. The van der Waals surface area contributed by atoms with Crippen LogP contribution in [0.4, 0.5) is 0 Å². The molecule has 1 rings (SSSR count). The van der Waals surface area contributed by atoms with Gasteiger partial charge < -0.3 is 10.6 Å². The van der Waals surface area contributed by atoms with E-state index >= 15 is 0 Å². The van der Waals surface area contributed by atoms with Gasteiger partial charge in [-0.3, -0.25) is 4.79 Å². The molecule has 14 heavy (non-hydrogen) atoms. The Hall–Kier alpha value is -0.570. The van der Waals surface area contributed by atoms with Gasteiger partial charge in [0.2, 0.25) is 5.91 Å². The summed E-state index contributed by atoms with van der Waals surface area (Å²) in [6, 6.07) is 0.398. The van der Waals surface area contributed by atoms with Gasteiger partial charge in [0.25, 0.3) is 0 Å². The number of hydrogen-bond donors (Lipinski definition) is 2. The highest BCUT2D eigenvalue weighted by molar-refractivity contribution is 5.78. The number of nitrogens with one attached hydrogen (secondary N) is 2. The predicted molar refractivity (Wildman–Crippen MR) is 58.0 cm³/mol. The lowest BCUT2D eigenvalue weighted by Crippen LogP contribution is -2.43. The van der Waals surface area contributed by atoms with Crippen LogP contribution in [0.25, 0.3) is 0 Å². The van der Waals surface area contributed by atoms with Crippen molar-refractivity contribution in [3.8, 4) is 0 Å². The van der Waals surface area contributed by atoms with Crippen LogP contribution >= 0.6 is 0 Å². The summed E-state index contributed by atoms with van der Waals surface area (Å²) in [5.74, 6) is 1.62. The molecule has 0 aromatic heterocycles. The van der Waals surface area contributed by atoms with Gasteiger partial charge in [-0.2, -0.15) is 0 Å². The molecule has 0 radical (unpaired) electrons. The van der Waals surface area contributed by atoms with Crippen LogP contribution in [0.3, 0.4) is 0 Å². The fourth-order valence-electron chi connectivity index (χ4n) is 2.50. The van der Waals surface area contributed by atoms with Crippen LogP contribution in [-0.2, 0) is 4.79 Å². The normalized spacial score (nSPS) is 32.6. The van der Waals surface area contributed by atoms with Gasteiger partial charge in [0.1, 0.15) is 0 Å². The van der Waals surface area contributed by atoms with Crippen molar-refractivity contribution < 1.29 is 4.79 Å². The van der Waals surface area contributed by atoms with E-state index in [0.717, 1.165) is 24.7 Å². The molecule has 3 nitrogen and oxygen atoms in total. The van der Waals surface area contributed by atoms with Crippen LogP contribution in [0.15, 0.2) is 0 Å². The van der Waals surface area contributed by atoms with Crippen LogP contribution in [0.5, 0.6) is 0 Å². The molecule has 0 aromatic rings. The number of amides is 1. The van der Waals surface area contributed by atoms with E-state index in [1.54, 1.807) is 7.05 Å². The van der Waals surface area contributed by atoms with E-state index < -0.39 is 0 Å². The first-order valence-electron chi connectivity index (χ1n) is 5.55. The van der Waals surface area contributed by atoms with Crippen LogP contribution in [-0.4, -0.2) is 25.5 Å². The van der Waals surface area contributed by atoms with Gasteiger partial charge >= 0.3 is 0 Å². The Labute approximate surface area is 86.6 Å². The smallest absolute Gasteiger partial charge is 0.234 e. The first-order chi connectivity index (χ1) is 6.61. The minimum absolute atomic E-state index is 0.124. The van der Waals surface area contributed by atoms with Crippen molar-refractivity contribution in [1.82, 2.24) is 10.6 Å². The summed E-state index contributed by atoms with van der Waals surface area (Å²) < 4.78 is 0. The Morgan fingerprint density at radius 2 is 1.79 bits per heavy atom. The maximum Gasteiger partial charge on any atom is 0.234 e. The Kier molecular flexibility index (Phi) is 4.39. The van der Waals surface area contributed by atoms with Crippen LogP contribution < -0.4 is 10.6 Å². The Bertz CT molecular complexity index is 184. The van der Waals surface area contributed by atoms with E-state index in [0.29, 0.717) is 12.6 Å². The van der Waals surface area contributed by atoms with Crippen molar-refractivity contribution in [2.75, 3.05) is 13.6 Å². The topological polar surface area (TPSA) is 41.1 Å². The number of carbonyl (C=O) groups excluding carboxylic acids is 1. The molecule has 2 N–H and O–H groups in total. The second kappa shape index (κ2) is 5.35. The SMILES string of the molecule is CNCC(=O)NC1CC(C)CC(C)C1. The summed E-state index contributed by atoms with van der Waals surface area (Å²) >= 11 is 0. The van der Waals surface area contributed by atoms with Gasteiger partial charge in [0.15, 0.2) is 0 Å². The Morgan fingerprint density at radius 3 is 2.29 bits per heavy atom. The van der Waals surface area contributed by atoms with Crippen molar-refractivity contribution in [3.63, 3.8) is 0 Å². The van der Waals surface area contributed by atoms with E-state index in [1.807, 2.05) is 0 Å². The monoisotopic (exact) mass is 198 g/mol. The van der Waals surface area contributed by atoms with Crippen LogP contribution in [0, 0.1) is 11.8 Å². The third kappa shape index (κ3) is 3.66. The molecule has 0 aliphatic heterocycles. The highest BCUT2D eigenvalue weighted by atomic mass is 16.1. The van der Waals surface area contributed by atoms with Crippen molar-refractivity contribution in [1.29, 1.82) is 0 Å². The molecule has 0 saturated heterocycles. The largest absolute Gasteiger partial charge is 0.352 e. The minimum Gasteiger partial charge on any atom is -0.352 e. The zero-order chi connectivity index (χ0) is 10.6. The summed E-state index contributed by atoms with van der Waals surface area (Å²) in [6.45, 7) is 4.97. The molecule has 1 saturated carbocycles. The molecule has 1 aliphatic rings. The average molecular weight is 198 g/mol. The average Bonchev–Trinajstić information content (AvgIpc) is 2.01. The Balaban J connectivity index is 2.33. The van der Waals surface area contributed by atoms with Gasteiger partial charge in [-0.05, 0) is 38.1 Å². The summed E-state index contributed by atoms with van der Waals surface area (Å²) in [5.41, 5.74) is 0. The standard InChI is InChI=1S/C11H22N2O/c1-8-4-9(2)6-10(5-8)13-11(14)7-12-3/h8-10,12H,4-7H2,1-3H3,(H,13,14). The third-order valence-corrected chi connectivity index (χ3v) is 2.88. The maximum absolute atomic E-state index is 11.4. The zero-order valence-electron chi connectivity index (χ0n) is 9.47. The molecule has 3 heteroatoms. The number of hydrogen-bond acceptors (Lipinski definition) is 2. The number of carbonyl (C=O) groups is 1. The van der Waals surface area contributed by atoms with E-state index in [1.165, 1.54) is 6.42 Å². The quantitative estimate of drug-likeness (QED) is 0.714. The summed E-state index contributed by atoms with van der Waals surface area (Å²) in [4.78, 5) is 11.4. The second-order valence-electron chi connectivity index (χ2n) is 4.71. The molecule has 82 valence electrons. The van der Waals surface area contributed by atoms with Gasteiger partial charge in [-0.15, -0.1) is 0 Å². The van der Waals surface area contributed by atoms with Gasteiger partial charge in [-0.25, -0.2) is 0 Å². The lowest BCUT2D eigenvalue weighted by Gasteiger charge is -2.31. The fraction of sp³-hybridized carbons (Fsp3) is 0.909. The predicted octanol–water partition coefficient (Wildman–Crippen LogP) is 1.15. The van der Waals surface area contributed by atoms with Crippen molar-refractivity contribution in [2.24, 2.45) is 11.8 Å². The van der Waals surface area contributed by atoms with Crippen LogP contribution in [0.2, 0.25) is 0 Å². The fourth-order valence-corrected chi connectivity index (χ4v) is 2.50. The van der Waals surface area contributed by atoms with E-state index in [9.17, 15) is 4.79 Å². The van der Waals surface area contributed by atoms with Crippen LogP contribution in [0.1, 0.15) is 33.1 Å². The molecule has 2 unspecified atom stereocenters. The van der Waals surface area contributed by atoms with E-state index in [2.05, 4.69) is 24.5 Å². The van der Waals surface area contributed by atoms with Gasteiger partial charge in [0, 0.05) is 6.04 Å². The summed E-state index contributed by atoms with van der Waals surface area (Å²) in [6.07, 6.45) is 3.58. The third-order valence-electron chi connectivity index (χ3n) is 2.88. The van der Waals surface area contributed by atoms with E-state index in [4.69, 9.17) is 0 Å². The highest BCUT2D eigenvalue weighted by Gasteiger charge is 2.24. The number of rotatable bonds is 3. The molecular weight excluding hydrogens is 176 g/mol. The van der Waals surface area contributed by atoms with Gasteiger partial charge in [-0.1, -0.05) is 13.8 Å². The van der Waals surface area contributed by atoms with Gasteiger partial charge in [0.05, 0.1) is 6.54 Å². The lowest BCUT2D eigenvalue weighted by atomic mass is 9.80. The molecule has 0 aromatic carbocycles. The molecule has 1 aliphatic carbocycles. The van der Waals surface area contributed by atoms with E-state index in [-0.39, 0.29) is 5.91 Å². The maximum atomic E-state index is 11.4. The van der Waals surface area contributed by atoms with Crippen molar-refractivity contribution in [3.05, 3.63) is 0 Å². The first kappa shape index (κ1) is 11.5. The Morgan fingerprint density at radius 1 is 1.21 bits per heavy atom. The van der Waals surface area contributed by atoms with Crippen molar-refractivity contribution in [2.45, 2.75) is 39.2 Å².